The van der Waals surface area contributed by atoms with E-state index in [0.29, 0.717) is 6.04 Å². The number of halogens is 1. The Balaban J connectivity index is 2.15. The van der Waals surface area contributed by atoms with Crippen molar-refractivity contribution in [1.82, 2.24) is 5.32 Å². The van der Waals surface area contributed by atoms with Gasteiger partial charge in [-0.15, -0.1) is 0 Å². The normalized spacial score (nSPS) is 12.3. The first kappa shape index (κ1) is 15.2. The van der Waals surface area contributed by atoms with Gasteiger partial charge < -0.3 is 10.4 Å². The molecule has 0 unspecified atom stereocenters. The molecule has 1 rings (SSSR count). The molecule has 0 aliphatic rings. The molecule has 0 heterocycles. The highest BCUT2D eigenvalue weighted by atomic mass is 79.9. The van der Waals surface area contributed by atoms with Gasteiger partial charge in [0.15, 0.2) is 0 Å². The predicted octanol–water partition coefficient (Wildman–Crippen LogP) is 3.74. The highest BCUT2D eigenvalue weighted by Gasteiger charge is 2.03. The zero-order chi connectivity index (χ0) is 13.4. The van der Waals surface area contributed by atoms with Crippen LogP contribution >= 0.6 is 15.9 Å². The standard InChI is InChI=1S/C14H20BrNO2/c1-11(12-6-8-13(15)9-7-12)16-10-4-2-3-5-14(17)18/h6-9,11,16H,2-5,10H2,1H3,(H,17,18)/t11-/m1/s1. The molecule has 1 atom stereocenters. The molecular weight excluding hydrogens is 294 g/mol. The second kappa shape index (κ2) is 8.27. The summed E-state index contributed by atoms with van der Waals surface area (Å²) in [6.45, 7) is 3.07. The summed E-state index contributed by atoms with van der Waals surface area (Å²) in [7, 11) is 0. The monoisotopic (exact) mass is 313 g/mol. The average Bonchev–Trinajstić information content (AvgIpc) is 2.34. The number of hydrogen-bond donors (Lipinski definition) is 2. The largest absolute Gasteiger partial charge is 0.481 e. The molecule has 3 nitrogen and oxygen atoms in total. The summed E-state index contributed by atoms with van der Waals surface area (Å²) in [4.78, 5) is 10.3. The van der Waals surface area contributed by atoms with Crippen molar-refractivity contribution in [1.29, 1.82) is 0 Å². The van der Waals surface area contributed by atoms with Gasteiger partial charge in [0, 0.05) is 16.9 Å². The number of rotatable bonds is 8. The van der Waals surface area contributed by atoms with Gasteiger partial charge in [-0.1, -0.05) is 34.5 Å². The number of benzene rings is 1. The smallest absolute Gasteiger partial charge is 0.303 e. The summed E-state index contributed by atoms with van der Waals surface area (Å²) in [6.07, 6.45) is 3.03. The number of carboxylic acid groups (broad SMARTS) is 1. The Hall–Kier alpha value is -0.870. The summed E-state index contributed by atoms with van der Waals surface area (Å²) in [5.41, 5.74) is 1.27. The van der Waals surface area contributed by atoms with Gasteiger partial charge in [0.25, 0.3) is 0 Å². The molecule has 100 valence electrons. The maximum absolute atomic E-state index is 10.3. The van der Waals surface area contributed by atoms with Crippen LogP contribution in [0.25, 0.3) is 0 Å². The minimum absolute atomic E-state index is 0.280. The fraction of sp³-hybridized carbons (Fsp3) is 0.500. The summed E-state index contributed by atoms with van der Waals surface area (Å²) >= 11 is 3.42. The number of aliphatic carboxylic acids is 1. The topological polar surface area (TPSA) is 49.3 Å². The lowest BCUT2D eigenvalue weighted by molar-refractivity contribution is -0.137. The molecule has 0 aliphatic heterocycles. The van der Waals surface area contributed by atoms with E-state index in [9.17, 15) is 4.79 Å². The van der Waals surface area contributed by atoms with Gasteiger partial charge in [0.2, 0.25) is 0 Å². The lowest BCUT2D eigenvalue weighted by atomic mass is 10.1. The molecule has 0 radical (unpaired) electrons. The first-order valence-corrected chi connectivity index (χ1v) is 7.09. The van der Waals surface area contributed by atoms with E-state index in [1.54, 1.807) is 0 Å². The van der Waals surface area contributed by atoms with E-state index >= 15 is 0 Å². The number of carbonyl (C=O) groups is 1. The molecule has 0 saturated heterocycles. The third kappa shape index (κ3) is 6.17. The zero-order valence-corrected chi connectivity index (χ0v) is 12.2. The Labute approximate surface area is 117 Å². The van der Waals surface area contributed by atoms with E-state index in [1.165, 1.54) is 5.56 Å². The Bertz CT molecular complexity index is 365. The molecule has 0 amide bonds. The van der Waals surface area contributed by atoms with E-state index < -0.39 is 5.97 Å². The number of unbranched alkanes of at least 4 members (excludes halogenated alkanes) is 2. The first-order chi connectivity index (χ1) is 8.59. The minimum Gasteiger partial charge on any atom is -0.481 e. The molecule has 1 aromatic carbocycles. The summed E-state index contributed by atoms with van der Waals surface area (Å²) in [6, 6.07) is 8.62. The van der Waals surface area contributed by atoms with Crippen LogP contribution in [-0.4, -0.2) is 17.6 Å². The Morgan fingerprint density at radius 1 is 1.28 bits per heavy atom. The van der Waals surface area contributed by atoms with Crippen molar-refractivity contribution >= 4 is 21.9 Å². The van der Waals surface area contributed by atoms with Crippen molar-refractivity contribution in [3.05, 3.63) is 34.3 Å². The Morgan fingerprint density at radius 2 is 1.94 bits per heavy atom. The van der Waals surface area contributed by atoms with Gasteiger partial charge in [-0.2, -0.15) is 0 Å². The highest BCUT2D eigenvalue weighted by Crippen LogP contribution is 2.16. The van der Waals surface area contributed by atoms with Crippen LogP contribution in [0.15, 0.2) is 28.7 Å². The quantitative estimate of drug-likeness (QED) is 0.719. The van der Waals surface area contributed by atoms with E-state index in [1.807, 2.05) is 12.1 Å². The zero-order valence-electron chi connectivity index (χ0n) is 10.7. The maximum atomic E-state index is 10.3. The van der Waals surface area contributed by atoms with Crippen molar-refractivity contribution in [2.45, 2.75) is 38.6 Å². The van der Waals surface area contributed by atoms with Crippen molar-refractivity contribution in [2.75, 3.05) is 6.54 Å². The van der Waals surface area contributed by atoms with Crippen LogP contribution in [0.4, 0.5) is 0 Å². The van der Waals surface area contributed by atoms with Gasteiger partial charge in [0.1, 0.15) is 0 Å². The van der Waals surface area contributed by atoms with E-state index in [4.69, 9.17) is 5.11 Å². The SMILES string of the molecule is C[C@@H](NCCCCCC(=O)O)c1ccc(Br)cc1. The Kier molecular flexibility index (Phi) is 6.98. The van der Waals surface area contributed by atoms with Crippen LogP contribution in [-0.2, 0) is 4.79 Å². The Morgan fingerprint density at radius 3 is 2.56 bits per heavy atom. The fourth-order valence-corrected chi connectivity index (χ4v) is 2.03. The van der Waals surface area contributed by atoms with Gasteiger partial charge >= 0.3 is 5.97 Å². The van der Waals surface area contributed by atoms with Gasteiger partial charge in [-0.25, -0.2) is 0 Å². The molecule has 4 heteroatoms. The molecule has 1 aromatic rings. The van der Waals surface area contributed by atoms with Crippen molar-refractivity contribution in [3.8, 4) is 0 Å². The molecule has 18 heavy (non-hydrogen) atoms. The summed E-state index contributed by atoms with van der Waals surface area (Å²) in [5.74, 6) is -0.703. The molecule has 0 aliphatic carbocycles. The predicted molar refractivity (Wildman–Crippen MR) is 76.7 cm³/mol. The van der Waals surface area contributed by atoms with Crippen LogP contribution in [0.3, 0.4) is 0 Å². The highest BCUT2D eigenvalue weighted by molar-refractivity contribution is 9.10. The number of hydrogen-bond acceptors (Lipinski definition) is 2. The van der Waals surface area contributed by atoms with E-state index in [2.05, 4.69) is 40.3 Å². The van der Waals surface area contributed by atoms with E-state index in [-0.39, 0.29) is 6.42 Å². The van der Waals surface area contributed by atoms with Crippen molar-refractivity contribution in [3.63, 3.8) is 0 Å². The molecule has 0 fully saturated rings. The van der Waals surface area contributed by atoms with Crippen LogP contribution in [0.1, 0.15) is 44.2 Å². The molecule has 0 aromatic heterocycles. The average molecular weight is 314 g/mol. The van der Waals surface area contributed by atoms with Gasteiger partial charge in [0.05, 0.1) is 0 Å². The van der Waals surface area contributed by atoms with Crippen LogP contribution in [0.2, 0.25) is 0 Å². The van der Waals surface area contributed by atoms with Crippen molar-refractivity contribution < 1.29 is 9.90 Å². The second-order valence-electron chi connectivity index (χ2n) is 4.43. The molecule has 0 bridgehead atoms. The minimum atomic E-state index is -0.703. The van der Waals surface area contributed by atoms with Gasteiger partial charge in [-0.3, -0.25) is 4.79 Å². The van der Waals surface area contributed by atoms with Crippen LogP contribution in [0.5, 0.6) is 0 Å². The first-order valence-electron chi connectivity index (χ1n) is 6.30. The third-order valence-electron chi connectivity index (χ3n) is 2.89. The lowest BCUT2D eigenvalue weighted by Gasteiger charge is -2.14. The maximum Gasteiger partial charge on any atom is 0.303 e. The summed E-state index contributed by atoms with van der Waals surface area (Å²) < 4.78 is 1.09. The molecular formula is C14H20BrNO2. The van der Waals surface area contributed by atoms with Gasteiger partial charge in [-0.05, 0) is 44.0 Å². The van der Waals surface area contributed by atoms with Crippen LogP contribution < -0.4 is 5.32 Å². The van der Waals surface area contributed by atoms with Crippen molar-refractivity contribution in [2.24, 2.45) is 0 Å². The van der Waals surface area contributed by atoms with Crippen LogP contribution in [0, 0.1) is 0 Å². The molecule has 0 saturated carbocycles. The summed E-state index contributed by atoms with van der Waals surface area (Å²) in [5, 5.41) is 12.0. The number of nitrogens with one attached hydrogen (secondary N) is 1. The fourth-order valence-electron chi connectivity index (χ4n) is 1.77. The lowest BCUT2D eigenvalue weighted by Crippen LogP contribution is -2.19. The molecule has 0 spiro atoms. The molecule has 2 N–H and O–H groups in total. The van der Waals surface area contributed by atoms with E-state index in [0.717, 1.165) is 30.3 Å². The number of carboxylic acids is 1. The third-order valence-corrected chi connectivity index (χ3v) is 3.42. The second-order valence-corrected chi connectivity index (χ2v) is 5.35.